The van der Waals surface area contributed by atoms with Gasteiger partial charge in [0.25, 0.3) is 5.91 Å². The minimum Gasteiger partial charge on any atom is -0.455 e. The molecule has 0 saturated heterocycles. The van der Waals surface area contributed by atoms with E-state index in [0.29, 0.717) is 11.6 Å². The Morgan fingerprint density at radius 3 is 2.55 bits per heavy atom. The molecule has 0 bridgehead atoms. The van der Waals surface area contributed by atoms with Crippen LogP contribution in [0, 0.1) is 6.92 Å². The zero-order valence-corrected chi connectivity index (χ0v) is 12.8. The molecule has 1 N–H and O–H groups in total. The zero-order chi connectivity index (χ0) is 16.2. The maximum absolute atomic E-state index is 12.2. The lowest BCUT2D eigenvalue weighted by atomic mass is 9.85. The van der Waals surface area contributed by atoms with Gasteiger partial charge in [0.05, 0.1) is 5.41 Å². The van der Waals surface area contributed by atoms with Gasteiger partial charge >= 0.3 is 5.97 Å². The molecule has 2 aromatic rings. The van der Waals surface area contributed by atoms with Crippen molar-refractivity contribution in [3.05, 3.63) is 47.7 Å². The second-order valence-electron chi connectivity index (χ2n) is 5.44. The number of esters is 1. The van der Waals surface area contributed by atoms with Crippen molar-refractivity contribution in [3.63, 3.8) is 0 Å². The van der Waals surface area contributed by atoms with E-state index >= 15 is 0 Å². The number of carbonyl (C=O) groups excluding carboxylic acids is 2. The molecule has 22 heavy (non-hydrogen) atoms. The van der Waals surface area contributed by atoms with Crippen molar-refractivity contribution in [3.8, 4) is 0 Å². The Morgan fingerprint density at radius 1 is 1.27 bits per heavy atom. The lowest BCUT2D eigenvalue weighted by Crippen LogP contribution is -2.33. The number of benzene rings is 1. The molecule has 1 amide bonds. The molecule has 0 spiro atoms. The van der Waals surface area contributed by atoms with Gasteiger partial charge in [-0.05, 0) is 26.3 Å². The molecular formula is C16H18N2O4. The van der Waals surface area contributed by atoms with E-state index < -0.39 is 17.3 Å². The maximum atomic E-state index is 12.2. The SMILES string of the molecule is Cc1cc(NC(=O)COC(=O)C(C)(C)c2ccccc2)no1. The molecule has 0 aliphatic carbocycles. The van der Waals surface area contributed by atoms with E-state index in [2.05, 4.69) is 10.5 Å². The molecule has 6 heteroatoms. The van der Waals surface area contributed by atoms with Crippen LogP contribution >= 0.6 is 0 Å². The van der Waals surface area contributed by atoms with E-state index in [9.17, 15) is 9.59 Å². The number of carbonyl (C=O) groups is 2. The van der Waals surface area contributed by atoms with Gasteiger partial charge in [-0.25, -0.2) is 0 Å². The molecule has 0 aliphatic heterocycles. The summed E-state index contributed by atoms with van der Waals surface area (Å²) in [6.45, 7) is 4.85. The lowest BCUT2D eigenvalue weighted by molar-refractivity contribution is -0.152. The summed E-state index contributed by atoms with van der Waals surface area (Å²) in [5.74, 6) is -0.0610. The van der Waals surface area contributed by atoms with Gasteiger partial charge in [0.2, 0.25) is 0 Å². The van der Waals surface area contributed by atoms with Crippen LogP contribution in [-0.2, 0) is 19.7 Å². The fourth-order valence-electron chi connectivity index (χ4n) is 1.89. The standard InChI is InChI=1S/C16H18N2O4/c1-11-9-13(18-22-11)17-14(19)10-21-15(20)16(2,3)12-7-5-4-6-8-12/h4-9H,10H2,1-3H3,(H,17,18,19). The van der Waals surface area contributed by atoms with Gasteiger partial charge in [0, 0.05) is 6.07 Å². The Bertz CT molecular complexity index is 662. The first-order valence-electron chi connectivity index (χ1n) is 6.85. The average Bonchev–Trinajstić information content (AvgIpc) is 2.90. The average molecular weight is 302 g/mol. The minimum absolute atomic E-state index is 0.292. The highest BCUT2D eigenvalue weighted by atomic mass is 16.5. The number of nitrogens with zero attached hydrogens (tertiary/aromatic N) is 1. The van der Waals surface area contributed by atoms with Crippen LogP contribution in [0.15, 0.2) is 40.9 Å². The van der Waals surface area contributed by atoms with Gasteiger partial charge in [-0.2, -0.15) is 0 Å². The summed E-state index contributed by atoms with van der Waals surface area (Å²) in [5.41, 5.74) is -0.000942. The van der Waals surface area contributed by atoms with Gasteiger partial charge in [0.15, 0.2) is 12.4 Å². The predicted molar refractivity (Wildman–Crippen MR) is 80.3 cm³/mol. The summed E-state index contributed by atoms with van der Waals surface area (Å²) in [7, 11) is 0. The monoisotopic (exact) mass is 302 g/mol. The Hall–Kier alpha value is -2.63. The fraction of sp³-hybridized carbons (Fsp3) is 0.312. The summed E-state index contributed by atoms with van der Waals surface area (Å²) in [6, 6.07) is 10.8. The van der Waals surface area contributed by atoms with Crippen molar-refractivity contribution in [2.75, 3.05) is 11.9 Å². The number of amides is 1. The number of anilines is 1. The summed E-state index contributed by atoms with van der Waals surface area (Å²) in [5, 5.41) is 6.12. The van der Waals surface area contributed by atoms with Crippen LogP contribution < -0.4 is 5.32 Å². The molecule has 0 fully saturated rings. The van der Waals surface area contributed by atoms with E-state index in [1.54, 1.807) is 26.8 Å². The Morgan fingerprint density at radius 2 is 1.95 bits per heavy atom. The first-order valence-corrected chi connectivity index (χ1v) is 6.85. The molecule has 0 radical (unpaired) electrons. The third-order valence-electron chi connectivity index (χ3n) is 3.24. The van der Waals surface area contributed by atoms with Crippen LogP contribution in [0.5, 0.6) is 0 Å². The Kier molecular flexibility index (Phi) is 4.60. The van der Waals surface area contributed by atoms with Crippen LogP contribution in [0.25, 0.3) is 0 Å². The maximum Gasteiger partial charge on any atom is 0.316 e. The van der Waals surface area contributed by atoms with E-state index in [0.717, 1.165) is 5.56 Å². The van der Waals surface area contributed by atoms with Crippen LogP contribution in [-0.4, -0.2) is 23.6 Å². The molecule has 0 atom stereocenters. The van der Waals surface area contributed by atoms with Gasteiger partial charge in [-0.15, -0.1) is 0 Å². The topological polar surface area (TPSA) is 81.4 Å². The van der Waals surface area contributed by atoms with E-state index in [1.165, 1.54) is 0 Å². The van der Waals surface area contributed by atoms with Crippen LogP contribution in [0.1, 0.15) is 25.2 Å². The van der Waals surface area contributed by atoms with Gasteiger partial charge in [0.1, 0.15) is 5.76 Å². The molecular weight excluding hydrogens is 284 g/mol. The van der Waals surface area contributed by atoms with Crippen molar-refractivity contribution >= 4 is 17.7 Å². The number of aromatic nitrogens is 1. The highest BCUT2D eigenvalue weighted by Gasteiger charge is 2.31. The van der Waals surface area contributed by atoms with E-state index in [1.807, 2.05) is 30.3 Å². The molecule has 1 aromatic heterocycles. The molecule has 1 heterocycles. The molecule has 1 aromatic carbocycles. The van der Waals surface area contributed by atoms with Crippen molar-refractivity contribution in [2.24, 2.45) is 0 Å². The molecule has 2 rings (SSSR count). The minimum atomic E-state index is -0.827. The molecule has 0 aliphatic rings. The number of hydrogen-bond donors (Lipinski definition) is 1. The highest BCUT2D eigenvalue weighted by molar-refractivity contribution is 5.92. The normalized spacial score (nSPS) is 11.0. The van der Waals surface area contributed by atoms with Gasteiger partial charge < -0.3 is 14.6 Å². The quantitative estimate of drug-likeness (QED) is 0.858. The zero-order valence-electron chi connectivity index (χ0n) is 12.8. The van der Waals surface area contributed by atoms with Gasteiger partial charge in [-0.3, -0.25) is 9.59 Å². The number of nitrogens with one attached hydrogen (secondary N) is 1. The van der Waals surface area contributed by atoms with Crippen LogP contribution in [0.3, 0.4) is 0 Å². The first-order chi connectivity index (χ1) is 10.4. The number of hydrogen-bond acceptors (Lipinski definition) is 5. The number of aryl methyl sites for hydroxylation is 1. The second-order valence-corrected chi connectivity index (χ2v) is 5.44. The number of rotatable bonds is 5. The predicted octanol–water partition coefficient (Wildman–Crippen LogP) is 2.44. The summed E-state index contributed by atoms with van der Waals surface area (Å²) >= 11 is 0. The van der Waals surface area contributed by atoms with Gasteiger partial charge in [-0.1, -0.05) is 35.5 Å². The van der Waals surface area contributed by atoms with Crippen molar-refractivity contribution in [1.29, 1.82) is 0 Å². The van der Waals surface area contributed by atoms with Crippen molar-refractivity contribution in [1.82, 2.24) is 5.16 Å². The number of ether oxygens (including phenoxy) is 1. The summed E-state index contributed by atoms with van der Waals surface area (Å²) < 4.78 is 9.92. The smallest absolute Gasteiger partial charge is 0.316 e. The summed E-state index contributed by atoms with van der Waals surface area (Å²) in [4.78, 5) is 23.9. The van der Waals surface area contributed by atoms with Crippen molar-refractivity contribution < 1.29 is 18.8 Å². The Balaban J connectivity index is 1.90. The molecule has 0 saturated carbocycles. The molecule has 116 valence electrons. The summed E-state index contributed by atoms with van der Waals surface area (Å²) in [6.07, 6.45) is 0. The first kappa shape index (κ1) is 15.8. The van der Waals surface area contributed by atoms with Crippen molar-refractivity contribution in [2.45, 2.75) is 26.2 Å². The fourth-order valence-corrected chi connectivity index (χ4v) is 1.89. The Labute approximate surface area is 128 Å². The second kappa shape index (κ2) is 6.43. The van der Waals surface area contributed by atoms with Crippen LogP contribution in [0.4, 0.5) is 5.82 Å². The van der Waals surface area contributed by atoms with E-state index in [4.69, 9.17) is 9.26 Å². The van der Waals surface area contributed by atoms with E-state index in [-0.39, 0.29) is 6.61 Å². The third kappa shape index (κ3) is 3.72. The lowest BCUT2D eigenvalue weighted by Gasteiger charge is -2.22. The third-order valence-corrected chi connectivity index (χ3v) is 3.24. The molecule has 6 nitrogen and oxygen atoms in total. The highest BCUT2D eigenvalue weighted by Crippen LogP contribution is 2.24. The molecule has 0 unspecified atom stereocenters. The largest absolute Gasteiger partial charge is 0.455 e. The van der Waals surface area contributed by atoms with Crippen LogP contribution in [0.2, 0.25) is 0 Å².